The summed E-state index contributed by atoms with van der Waals surface area (Å²) in [4.78, 5) is 63.8. The number of carbonyl (C=O) groups is 5. The fourth-order valence-electron chi connectivity index (χ4n) is 4.77. The largest absolute Gasteiger partial charge is 0.381 e. The van der Waals surface area contributed by atoms with Crippen LogP contribution in [-0.4, -0.2) is 58.1 Å². The third kappa shape index (κ3) is 3.57. The van der Waals surface area contributed by atoms with Crippen molar-refractivity contribution in [2.75, 3.05) is 13.2 Å². The van der Waals surface area contributed by atoms with Gasteiger partial charge in [0.1, 0.15) is 0 Å². The van der Waals surface area contributed by atoms with Gasteiger partial charge in [-0.3, -0.25) is 24.4 Å². The lowest BCUT2D eigenvalue weighted by Gasteiger charge is -2.16. The van der Waals surface area contributed by atoms with Crippen LogP contribution in [0.2, 0.25) is 0 Å². The Morgan fingerprint density at radius 2 is 1.18 bits per heavy atom. The molecule has 6 rings (SSSR count). The summed E-state index contributed by atoms with van der Waals surface area (Å²) >= 11 is 0. The van der Waals surface area contributed by atoms with Crippen molar-refractivity contribution in [3.8, 4) is 0 Å². The van der Waals surface area contributed by atoms with Crippen LogP contribution in [0.5, 0.6) is 0 Å². The molecule has 4 aliphatic rings. The number of ether oxygens (including phenoxy) is 1. The van der Waals surface area contributed by atoms with Gasteiger partial charge < -0.3 is 9.57 Å². The minimum Gasteiger partial charge on any atom is -0.381 e. The minimum absolute atomic E-state index is 0.130. The maximum atomic E-state index is 12.3. The van der Waals surface area contributed by atoms with Gasteiger partial charge in [-0.25, -0.2) is 4.79 Å². The molecule has 1 N–H and O–H groups in total. The standard InChI is InChI=1S/C16H15NO5.C8H5NO3/c18-14-12-3-1-2-4-13(12)15(19)17(14)22-16(20)9-5-10-7-21-8-11(10)6-9;10-7-5-3-1-2-4-6(5)8(11)9(7)12/h1-4,9-11H,5-8H2;1-4,12H. The average Bonchev–Trinajstić information content (AvgIpc) is 3.57. The molecule has 2 aromatic carbocycles. The van der Waals surface area contributed by atoms with Crippen molar-refractivity contribution in [1.29, 1.82) is 0 Å². The number of hydrogen-bond donors (Lipinski definition) is 1. The molecule has 2 aromatic rings. The van der Waals surface area contributed by atoms with Crippen LogP contribution in [-0.2, 0) is 14.4 Å². The summed E-state index contributed by atoms with van der Waals surface area (Å²) in [6.45, 7) is 1.36. The second-order valence-corrected chi connectivity index (χ2v) is 8.55. The molecule has 4 amide bonds. The lowest BCUT2D eigenvalue weighted by atomic mass is 10.0. The quantitative estimate of drug-likeness (QED) is 0.528. The van der Waals surface area contributed by atoms with E-state index in [-0.39, 0.29) is 33.2 Å². The van der Waals surface area contributed by atoms with Crippen molar-refractivity contribution in [3.05, 3.63) is 70.8 Å². The molecule has 34 heavy (non-hydrogen) atoms. The normalized spacial score (nSPS) is 24.6. The highest BCUT2D eigenvalue weighted by molar-refractivity contribution is 6.21. The lowest BCUT2D eigenvalue weighted by Crippen LogP contribution is -2.34. The van der Waals surface area contributed by atoms with E-state index >= 15 is 0 Å². The van der Waals surface area contributed by atoms with Gasteiger partial charge in [-0.05, 0) is 48.9 Å². The predicted molar refractivity (Wildman–Crippen MR) is 112 cm³/mol. The van der Waals surface area contributed by atoms with Gasteiger partial charge in [-0.2, -0.15) is 0 Å². The Kier molecular flexibility index (Phi) is 5.46. The number of hydrogen-bond acceptors (Lipinski definition) is 8. The summed E-state index contributed by atoms with van der Waals surface area (Å²) in [5, 5.41) is 9.65. The first kappa shape index (κ1) is 21.9. The number of carbonyl (C=O) groups excluding carboxylic acids is 5. The van der Waals surface area contributed by atoms with Gasteiger partial charge >= 0.3 is 5.97 Å². The van der Waals surface area contributed by atoms with Crippen molar-refractivity contribution < 1.29 is 38.8 Å². The first-order valence-electron chi connectivity index (χ1n) is 10.8. The van der Waals surface area contributed by atoms with Crippen LogP contribution in [0.15, 0.2) is 48.5 Å². The lowest BCUT2D eigenvalue weighted by molar-refractivity contribution is -0.173. The van der Waals surface area contributed by atoms with E-state index in [1.165, 1.54) is 12.1 Å². The third-order valence-electron chi connectivity index (χ3n) is 6.55. The summed E-state index contributed by atoms with van der Waals surface area (Å²) in [6.07, 6.45) is 1.40. The number of fused-ring (bicyclic) bond motifs is 3. The number of imide groups is 2. The maximum absolute atomic E-state index is 12.3. The molecule has 3 aliphatic heterocycles. The zero-order valence-electron chi connectivity index (χ0n) is 17.9. The number of nitrogens with zero attached hydrogens (tertiary/aromatic N) is 2. The minimum atomic E-state index is -0.657. The molecule has 1 saturated heterocycles. The average molecular weight is 464 g/mol. The molecule has 2 atom stereocenters. The van der Waals surface area contributed by atoms with E-state index in [1.807, 2.05) is 0 Å². The van der Waals surface area contributed by atoms with Crippen LogP contribution in [0.1, 0.15) is 54.3 Å². The first-order chi connectivity index (χ1) is 16.4. The van der Waals surface area contributed by atoms with E-state index < -0.39 is 29.6 Å². The molecule has 0 spiro atoms. The summed E-state index contributed by atoms with van der Waals surface area (Å²) in [5.74, 6) is -2.44. The van der Waals surface area contributed by atoms with Gasteiger partial charge in [-0.15, -0.1) is 5.06 Å². The summed E-state index contributed by atoms with van der Waals surface area (Å²) in [6, 6.07) is 12.8. The summed E-state index contributed by atoms with van der Waals surface area (Å²) < 4.78 is 5.38. The van der Waals surface area contributed by atoms with Gasteiger partial charge in [0, 0.05) is 13.2 Å². The molecule has 2 fully saturated rings. The molecule has 1 aliphatic carbocycles. The van der Waals surface area contributed by atoms with Gasteiger partial charge in [0.15, 0.2) is 0 Å². The summed E-state index contributed by atoms with van der Waals surface area (Å²) in [7, 11) is 0. The molecule has 0 radical (unpaired) electrons. The van der Waals surface area contributed by atoms with Gasteiger partial charge in [0.2, 0.25) is 0 Å². The van der Waals surface area contributed by atoms with Crippen molar-refractivity contribution in [2.24, 2.45) is 17.8 Å². The smallest absolute Gasteiger partial charge is 0.336 e. The molecule has 10 heteroatoms. The molecule has 2 unspecified atom stereocenters. The Morgan fingerprint density at radius 1 is 0.765 bits per heavy atom. The number of rotatable bonds is 2. The first-order valence-corrected chi connectivity index (χ1v) is 10.8. The Morgan fingerprint density at radius 3 is 1.62 bits per heavy atom. The van der Waals surface area contributed by atoms with Crippen molar-refractivity contribution in [1.82, 2.24) is 10.1 Å². The highest BCUT2D eigenvalue weighted by Crippen LogP contribution is 2.41. The second kappa shape index (κ2) is 8.47. The second-order valence-electron chi connectivity index (χ2n) is 8.55. The number of amides is 4. The van der Waals surface area contributed by atoms with E-state index in [0.29, 0.717) is 43.0 Å². The molecule has 1 saturated carbocycles. The van der Waals surface area contributed by atoms with Crippen LogP contribution < -0.4 is 0 Å². The van der Waals surface area contributed by atoms with Crippen LogP contribution in [0, 0.1) is 17.8 Å². The van der Waals surface area contributed by atoms with Crippen molar-refractivity contribution in [2.45, 2.75) is 12.8 Å². The molecule has 10 nitrogen and oxygen atoms in total. The van der Waals surface area contributed by atoms with Gasteiger partial charge in [0.25, 0.3) is 23.6 Å². The van der Waals surface area contributed by atoms with E-state index in [1.54, 1.807) is 36.4 Å². The predicted octanol–water partition coefficient (Wildman–Crippen LogP) is 2.09. The van der Waals surface area contributed by atoms with E-state index in [9.17, 15) is 24.0 Å². The molecular formula is C24H20N2O8. The van der Waals surface area contributed by atoms with Crippen LogP contribution in [0.3, 0.4) is 0 Å². The number of hydroxylamine groups is 4. The Balaban J connectivity index is 0.000000169. The molecule has 174 valence electrons. The maximum Gasteiger partial charge on any atom is 0.336 e. The van der Waals surface area contributed by atoms with Crippen molar-refractivity contribution in [3.63, 3.8) is 0 Å². The third-order valence-corrected chi connectivity index (χ3v) is 6.55. The zero-order valence-corrected chi connectivity index (χ0v) is 17.9. The van der Waals surface area contributed by atoms with Crippen LogP contribution in [0.4, 0.5) is 0 Å². The van der Waals surface area contributed by atoms with E-state index in [0.717, 1.165) is 0 Å². The molecule has 0 aromatic heterocycles. The molecule has 0 bridgehead atoms. The van der Waals surface area contributed by atoms with Gasteiger partial charge in [-0.1, -0.05) is 29.3 Å². The van der Waals surface area contributed by atoms with Crippen LogP contribution >= 0.6 is 0 Å². The fraction of sp³-hybridized carbons (Fsp3) is 0.292. The highest BCUT2D eigenvalue weighted by Gasteiger charge is 2.45. The Bertz CT molecular complexity index is 1140. The zero-order chi connectivity index (χ0) is 24.0. The topological polar surface area (TPSA) is 131 Å². The summed E-state index contributed by atoms with van der Waals surface area (Å²) in [5.41, 5.74) is 1.06. The SMILES string of the molecule is O=C(ON1C(=O)c2ccccc2C1=O)C1CC2COCC2C1.O=C1c2ccccc2C(=O)N1O. The highest BCUT2D eigenvalue weighted by atomic mass is 16.7. The van der Waals surface area contributed by atoms with Crippen molar-refractivity contribution >= 4 is 29.6 Å². The monoisotopic (exact) mass is 464 g/mol. The van der Waals surface area contributed by atoms with Gasteiger partial charge in [0.05, 0.1) is 28.2 Å². The van der Waals surface area contributed by atoms with E-state index in [2.05, 4.69) is 0 Å². The molecule has 3 heterocycles. The molecular weight excluding hydrogens is 444 g/mol. The fourth-order valence-corrected chi connectivity index (χ4v) is 4.77. The number of benzene rings is 2. The Hall–Kier alpha value is -3.89. The van der Waals surface area contributed by atoms with Crippen LogP contribution in [0.25, 0.3) is 0 Å². The Labute approximate surface area is 193 Å². The van der Waals surface area contributed by atoms with E-state index in [4.69, 9.17) is 14.8 Å².